The fraction of sp³-hybridized carbons (Fsp3) is 0.273. The van der Waals surface area contributed by atoms with E-state index in [-0.39, 0.29) is 0 Å². The smallest absolute Gasteiger partial charge is 0.318 e. The molecule has 2 aromatic heterocycles. The van der Waals surface area contributed by atoms with Crippen LogP contribution in [0.1, 0.15) is 11.4 Å². The molecule has 0 bridgehead atoms. The molecule has 160 valence electrons. The molecule has 8 nitrogen and oxygen atoms in total. The lowest BCUT2D eigenvalue weighted by Gasteiger charge is -2.28. The number of ether oxygens (including phenoxy) is 2. The minimum atomic E-state index is 0.309. The Morgan fingerprint density at radius 2 is 2.03 bits per heavy atom. The minimum absolute atomic E-state index is 0.309. The van der Waals surface area contributed by atoms with E-state index in [2.05, 4.69) is 30.4 Å². The standard InChI is InChI=1S/C22H23ClN6O2/c23-17-4-3-6-19(14-17)28-25-16-20-15-21(29-9-12-30-13-10-29)27-22(26-20)31-11-7-18-5-1-2-8-24-18/h1-6,8,14-16,28H,7,9-13H2/b25-16+. The molecule has 31 heavy (non-hydrogen) atoms. The number of benzene rings is 1. The maximum Gasteiger partial charge on any atom is 0.318 e. The van der Waals surface area contributed by atoms with Gasteiger partial charge in [0.15, 0.2) is 0 Å². The van der Waals surface area contributed by atoms with Crippen LogP contribution >= 0.6 is 11.6 Å². The van der Waals surface area contributed by atoms with Crippen molar-refractivity contribution in [3.63, 3.8) is 0 Å². The Morgan fingerprint density at radius 3 is 2.84 bits per heavy atom. The summed E-state index contributed by atoms with van der Waals surface area (Å²) in [5.41, 5.74) is 5.34. The SMILES string of the molecule is Clc1cccc(N/N=C/c2cc(N3CCOCC3)nc(OCCc3ccccn3)n2)c1. The second-order valence-electron chi connectivity index (χ2n) is 6.83. The predicted octanol–water partition coefficient (Wildman–Crippen LogP) is 3.43. The highest BCUT2D eigenvalue weighted by Crippen LogP contribution is 2.18. The monoisotopic (exact) mass is 438 g/mol. The summed E-state index contributed by atoms with van der Waals surface area (Å²) in [5, 5.41) is 4.91. The largest absolute Gasteiger partial charge is 0.463 e. The molecule has 4 rings (SSSR count). The van der Waals surface area contributed by atoms with Gasteiger partial charge < -0.3 is 14.4 Å². The molecular weight excluding hydrogens is 416 g/mol. The zero-order valence-corrected chi connectivity index (χ0v) is 17.7. The van der Waals surface area contributed by atoms with Crippen LogP contribution in [0.4, 0.5) is 11.5 Å². The lowest BCUT2D eigenvalue weighted by molar-refractivity contribution is 0.122. The molecule has 0 unspecified atom stereocenters. The van der Waals surface area contributed by atoms with Crippen molar-refractivity contribution in [1.82, 2.24) is 15.0 Å². The molecule has 1 aliphatic heterocycles. The first-order valence-corrected chi connectivity index (χ1v) is 10.4. The van der Waals surface area contributed by atoms with Gasteiger partial charge in [-0.1, -0.05) is 23.7 Å². The lowest BCUT2D eigenvalue weighted by atomic mass is 10.3. The van der Waals surface area contributed by atoms with E-state index in [1.165, 1.54) is 0 Å². The van der Waals surface area contributed by atoms with Gasteiger partial charge in [0, 0.05) is 42.5 Å². The molecule has 0 spiro atoms. The third kappa shape index (κ3) is 6.37. The van der Waals surface area contributed by atoms with Crippen molar-refractivity contribution in [2.24, 2.45) is 5.10 Å². The fourth-order valence-corrected chi connectivity index (χ4v) is 3.23. The second kappa shape index (κ2) is 10.7. The van der Waals surface area contributed by atoms with E-state index in [0.717, 1.165) is 30.3 Å². The van der Waals surface area contributed by atoms with E-state index in [1.807, 2.05) is 42.5 Å². The normalized spacial score (nSPS) is 14.0. The molecule has 0 atom stereocenters. The summed E-state index contributed by atoms with van der Waals surface area (Å²) in [6.07, 6.45) is 4.08. The summed E-state index contributed by atoms with van der Waals surface area (Å²) in [6.45, 7) is 3.30. The minimum Gasteiger partial charge on any atom is -0.463 e. The molecule has 9 heteroatoms. The quantitative estimate of drug-likeness (QED) is 0.426. The van der Waals surface area contributed by atoms with Crippen molar-refractivity contribution in [2.45, 2.75) is 6.42 Å². The summed E-state index contributed by atoms with van der Waals surface area (Å²) in [7, 11) is 0. The van der Waals surface area contributed by atoms with Crippen LogP contribution in [0.25, 0.3) is 0 Å². The van der Waals surface area contributed by atoms with E-state index in [4.69, 9.17) is 21.1 Å². The van der Waals surface area contributed by atoms with Gasteiger partial charge in [0.05, 0.1) is 37.4 Å². The van der Waals surface area contributed by atoms with Crippen LogP contribution < -0.4 is 15.1 Å². The van der Waals surface area contributed by atoms with Gasteiger partial charge in [-0.05, 0) is 30.3 Å². The first kappa shape index (κ1) is 21.0. The second-order valence-corrected chi connectivity index (χ2v) is 7.27. The van der Waals surface area contributed by atoms with Crippen molar-refractivity contribution in [3.05, 3.63) is 71.1 Å². The highest BCUT2D eigenvalue weighted by molar-refractivity contribution is 6.30. The molecule has 0 aliphatic carbocycles. The van der Waals surface area contributed by atoms with Gasteiger partial charge in [-0.3, -0.25) is 10.4 Å². The summed E-state index contributed by atoms with van der Waals surface area (Å²) in [4.78, 5) is 15.5. The number of anilines is 2. The highest BCUT2D eigenvalue weighted by Gasteiger charge is 2.15. The lowest BCUT2D eigenvalue weighted by Crippen LogP contribution is -2.37. The number of pyridine rings is 1. The van der Waals surface area contributed by atoms with Gasteiger partial charge in [-0.15, -0.1) is 0 Å². The van der Waals surface area contributed by atoms with Crippen molar-refractivity contribution in [3.8, 4) is 6.01 Å². The summed E-state index contributed by atoms with van der Waals surface area (Å²) >= 11 is 6.01. The van der Waals surface area contributed by atoms with E-state index in [9.17, 15) is 0 Å². The van der Waals surface area contributed by atoms with Crippen molar-refractivity contribution in [1.29, 1.82) is 0 Å². The van der Waals surface area contributed by atoms with Gasteiger partial charge in [0.25, 0.3) is 0 Å². The zero-order chi connectivity index (χ0) is 21.3. The Balaban J connectivity index is 1.47. The molecule has 0 saturated carbocycles. The first-order chi connectivity index (χ1) is 15.3. The van der Waals surface area contributed by atoms with Gasteiger partial charge in [-0.25, -0.2) is 0 Å². The number of halogens is 1. The average Bonchev–Trinajstić information content (AvgIpc) is 2.80. The molecule has 1 N–H and O–H groups in total. The van der Waals surface area contributed by atoms with Crippen LogP contribution in [0.5, 0.6) is 6.01 Å². The molecular formula is C22H23ClN6O2. The average molecular weight is 439 g/mol. The summed E-state index contributed by atoms with van der Waals surface area (Å²) in [6, 6.07) is 15.4. The number of nitrogens with zero attached hydrogens (tertiary/aromatic N) is 5. The van der Waals surface area contributed by atoms with Crippen molar-refractivity contribution < 1.29 is 9.47 Å². The molecule has 3 heterocycles. The van der Waals surface area contributed by atoms with Crippen LogP contribution in [-0.4, -0.2) is 54.1 Å². The number of aromatic nitrogens is 3. The van der Waals surface area contributed by atoms with Crippen LogP contribution in [0.2, 0.25) is 5.02 Å². The molecule has 1 saturated heterocycles. The Kier molecular flexibility index (Phi) is 7.25. The van der Waals surface area contributed by atoms with Crippen LogP contribution in [0, 0.1) is 0 Å². The third-order valence-electron chi connectivity index (χ3n) is 4.58. The van der Waals surface area contributed by atoms with Gasteiger partial charge in [0.1, 0.15) is 5.82 Å². The maximum atomic E-state index is 6.01. The van der Waals surface area contributed by atoms with Crippen LogP contribution in [0.15, 0.2) is 59.8 Å². The van der Waals surface area contributed by atoms with E-state index >= 15 is 0 Å². The predicted molar refractivity (Wildman–Crippen MR) is 121 cm³/mol. The molecule has 1 aromatic carbocycles. The van der Waals surface area contributed by atoms with Crippen LogP contribution in [-0.2, 0) is 11.2 Å². The third-order valence-corrected chi connectivity index (χ3v) is 4.81. The van der Waals surface area contributed by atoms with Crippen molar-refractivity contribution >= 4 is 29.3 Å². The van der Waals surface area contributed by atoms with Gasteiger partial charge in [-0.2, -0.15) is 15.1 Å². The molecule has 3 aromatic rings. The first-order valence-electron chi connectivity index (χ1n) is 10.1. The fourth-order valence-electron chi connectivity index (χ4n) is 3.04. The van der Waals surface area contributed by atoms with E-state index < -0.39 is 0 Å². The number of hydrogen-bond donors (Lipinski definition) is 1. The molecule has 0 radical (unpaired) electrons. The summed E-state index contributed by atoms with van der Waals surface area (Å²) < 4.78 is 11.3. The maximum absolute atomic E-state index is 6.01. The topological polar surface area (TPSA) is 84.8 Å². The number of hydrogen-bond acceptors (Lipinski definition) is 8. The Bertz CT molecular complexity index is 1010. The Morgan fingerprint density at radius 1 is 1.13 bits per heavy atom. The van der Waals surface area contributed by atoms with E-state index in [0.29, 0.717) is 43.0 Å². The van der Waals surface area contributed by atoms with E-state index in [1.54, 1.807) is 18.5 Å². The molecule has 1 aliphatic rings. The Hall–Kier alpha value is -3.23. The van der Waals surface area contributed by atoms with Gasteiger partial charge >= 0.3 is 6.01 Å². The zero-order valence-electron chi connectivity index (χ0n) is 16.9. The molecule has 0 amide bonds. The molecule has 1 fully saturated rings. The number of rotatable bonds is 8. The summed E-state index contributed by atoms with van der Waals surface area (Å²) in [5.74, 6) is 0.787. The van der Waals surface area contributed by atoms with Crippen molar-refractivity contribution in [2.75, 3.05) is 43.2 Å². The number of nitrogens with one attached hydrogen (secondary N) is 1. The number of morpholine rings is 1. The van der Waals surface area contributed by atoms with Gasteiger partial charge in [0.2, 0.25) is 0 Å². The number of hydrazone groups is 1. The van der Waals surface area contributed by atoms with Crippen LogP contribution in [0.3, 0.4) is 0 Å². The Labute approximate surface area is 185 Å². The highest BCUT2D eigenvalue weighted by atomic mass is 35.5.